The maximum absolute atomic E-state index is 14.3. The first kappa shape index (κ1) is 18.0. The van der Waals surface area contributed by atoms with Crippen molar-refractivity contribution >= 4 is 11.0 Å². The van der Waals surface area contributed by atoms with E-state index in [1.165, 1.54) is 6.20 Å². The maximum Gasteiger partial charge on any atom is 0.314 e. The second-order valence-electron chi connectivity index (χ2n) is 5.90. The third-order valence-electron chi connectivity index (χ3n) is 4.01. The third kappa shape index (κ3) is 3.53. The summed E-state index contributed by atoms with van der Waals surface area (Å²) in [4.78, 5) is 11.6. The van der Waals surface area contributed by atoms with Gasteiger partial charge in [-0.15, -0.1) is 10.2 Å². The molecule has 10 heteroatoms. The molecular formula is C18H14F3N5O2. The lowest BCUT2D eigenvalue weighted by atomic mass is 10.2. The molecule has 4 rings (SSSR count). The number of ether oxygens (including phenoxy) is 1. The zero-order chi connectivity index (χ0) is 19.7. The molecule has 7 nitrogen and oxygen atoms in total. The van der Waals surface area contributed by atoms with Gasteiger partial charge in [-0.05, 0) is 18.2 Å². The van der Waals surface area contributed by atoms with E-state index in [1.54, 1.807) is 12.1 Å². The number of alkyl halides is 2. The Morgan fingerprint density at radius 3 is 2.79 bits per heavy atom. The first-order valence-corrected chi connectivity index (χ1v) is 8.41. The molecule has 0 bridgehead atoms. The second kappa shape index (κ2) is 7.29. The minimum Gasteiger partial charge on any atom is -0.487 e. The van der Waals surface area contributed by atoms with Crippen LogP contribution in [-0.4, -0.2) is 25.1 Å². The highest BCUT2D eigenvalue weighted by atomic mass is 19.3. The van der Waals surface area contributed by atoms with Gasteiger partial charge in [0, 0.05) is 18.7 Å². The summed E-state index contributed by atoms with van der Waals surface area (Å²) in [6.07, 6.45) is -0.854. The van der Waals surface area contributed by atoms with Gasteiger partial charge in [-0.1, -0.05) is 6.92 Å². The number of benzene rings is 1. The van der Waals surface area contributed by atoms with Gasteiger partial charge in [0.05, 0.1) is 16.6 Å². The molecule has 0 fully saturated rings. The summed E-state index contributed by atoms with van der Waals surface area (Å²) >= 11 is 0. The van der Waals surface area contributed by atoms with Gasteiger partial charge in [0.2, 0.25) is 5.89 Å². The van der Waals surface area contributed by atoms with E-state index in [2.05, 4.69) is 25.1 Å². The van der Waals surface area contributed by atoms with E-state index >= 15 is 0 Å². The van der Waals surface area contributed by atoms with Crippen LogP contribution in [0.1, 0.15) is 30.8 Å². The number of nitrogens with one attached hydrogen (secondary N) is 1. The number of halogens is 3. The van der Waals surface area contributed by atoms with Crippen LogP contribution < -0.4 is 4.74 Å². The number of nitrogens with zero attached hydrogens (tertiary/aromatic N) is 4. The highest BCUT2D eigenvalue weighted by Gasteiger charge is 2.18. The van der Waals surface area contributed by atoms with Gasteiger partial charge in [0.25, 0.3) is 5.89 Å². The van der Waals surface area contributed by atoms with Gasteiger partial charge in [-0.3, -0.25) is 4.98 Å². The van der Waals surface area contributed by atoms with E-state index < -0.39 is 18.1 Å². The van der Waals surface area contributed by atoms with Crippen molar-refractivity contribution in [2.75, 3.05) is 0 Å². The lowest BCUT2D eigenvalue weighted by Gasteiger charge is -2.07. The molecular weight excluding hydrogens is 375 g/mol. The third-order valence-corrected chi connectivity index (χ3v) is 4.01. The van der Waals surface area contributed by atoms with Gasteiger partial charge < -0.3 is 14.1 Å². The van der Waals surface area contributed by atoms with Crippen LogP contribution in [0.4, 0.5) is 13.2 Å². The van der Waals surface area contributed by atoms with Crippen LogP contribution in [0, 0.1) is 5.82 Å². The fraction of sp³-hybridized carbons (Fsp3) is 0.222. The summed E-state index contributed by atoms with van der Waals surface area (Å²) in [5.74, 6) is -0.354. The molecule has 3 aromatic heterocycles. The van der Waals surface area contributed by atoms with Gasteiger partial charge in [0.15, 0.2) is 0 Å². The van der Waals surface area contributed by atoms with Crippen LogP contribution in [0.2, 0.25) is 0 Å². The summed E-state index contributed by atoms with van der Waals surface area (Å²) in [6, 6.07) is 6.41. The molecule has 0 radical (unpaired) electrons. The van der Waals surface area contributed by atoms with E-state index in [4.69, 9.17) is 9.15 Å². The van der Waals surface area contributed by atoms with Crippen molar-refractivity contribution in [2.45, 2.75) is 26.4 Å². The number of rotatable bonds is 6. The van der Waals surface area contributed by atoms with Gasteiger partial charge in [0.1, 0.15) is 29.7 Å². The molecule has 0 aliphatic heterocycles. The van der Waals surface area contributed by atoms with Crippen LogP contribution in [0.3, 0.4) is 0 Å². The number of hydrogen-bond donors (Lipinski definition) is 1. The van der Waals surface area contributed by atoms with Crippen LogP contribution in [0.15, 0.2) is 34.9 Å². The largest absolute Gasteiger partial charge is 0.487 e. The van der Waals surface area contributed by atoms with Crippen LogP contribution in [0.25, 0.3) is 22.5 Å². The molecule has 0 amide bonds. The summed E-state index contributed by atoms with van der Waals surface area (Å²) in [5, 5.41) is 6.67. The Bertz CT molecular complexity index is 1130. The molecule has 0 unspecified atom stereocenters. The van der Waals surface area contributed by atoms with Crippen molar-refractivity contribution in [3.8, 4) is 17.2 Å². The van der Waals surface area contributed by atoms with Crippen molar-refractivity contribution in [3.05, 3.63) is 53.7 Å². The minimum atomic E-state index is -2.90. The molecule has 0 aliphatic rings. The van der Waals surface area contributed by atoms with Gasteiger partial charge >= 0.3 is 6.43 Å². The van der Waals surface area contributed by atoms with E-state index in [-0.39, 0.29) is 23.8 Å². The van der Waals surface area contributed by atoms with Crippen molar-refractivity contribution in [2.24, 2.45) is 0 Å². The molecule has 0 spiro atoms. The number of imidazole rings is 1. The zero-order valence-corrected chi connectivity index (χ0v) is 14.6. The Labute approximate surface area is 156 Å². The number of aryl methyl sites for hydroxylation is 1. The zero-order valence-electron chi connectivity index (χ0n) is 14.6. The second-order valence-corrected chi connectivity index (χ2v) is 5.90. The standard InChI is InChI=1S/C18H14F3N5O2/c1-2-15-23-12-4-3-10(6-13(12)24-15)27-8-14-11(19)5-9(7-22-14)17-25-26-18(28-17)16(20)21/h3-7,16H,2,8H2,1H3,(H,23,24). The maximum atomic E-state index is 14.3. The molecule has 0 saturated carbocycles. The molecule has 1 aromatic carbocycles. The van der Waals surface area contributed by atoms with Crippen LogP contribution >= 0.6 is 0 Å². The molecule has 1 N–H and O–H groups in total. The summed E-state index contributed by atoms with van der Waals surface area (Å²) < 4.78 is 49.7. The average Bonchev–Trinajstić information content (AvgIpc) is 3.33. The molecule has 0 saturated heterocycles. The van der Waals surface area contributed by atoms with Crippen molar-refractivity contribution in [3.63, 3.8) is 0 Å². The lowest BCUT2D eigenvalue weighted by molar-refractivity contribution is 0.116. The number of hydrogen-bond acceptors (Lipinski definition) is 6. The summed E-state index contributed by atoms with van der Waals surface area (Å²) in [6.45, 7) is 1.88. The van der Waals surface area contributed by atoms with Crippen molar-refractivity contribution in [1.82, 2.24) is 25.1 Å². The van der Waals surface area contributed by atoms with Crippen molar-refractivity contribution in [1.29, 1.82) is 0 Å². The Kier molecular flexibility index (Phi) is 4.68. The molecule has 4 aromatic rings. The van der Waals surface area contributed by atoms with Gasteiger partial charge in [-0.2, -0.15) is 8.78 Å². The van der Waals surface area contributed by atoms with Crippen LogP contribution in [-0.2, 0) is 13.0 Å². The van der Waals surface area contributed by atoms with Gasteiger partial charge in [-0.25, -0.2) is 9.37 Å². The number of H-pyrrole nitrogens is 1. The Hall–Kier alpha value is -3.43. The fourth-order valence-corrected chi connectivity index (χ4v) is 2.58. The van der Waals surface area contributed by atoms with E-state index in [1.807, 2.05) is 13.0 Å². The Morgan fingerprint density at radius 2 is 2.07 bits per heavy atom. The average molecular weight is 389 g/mol. The first-order chi connectivity index (χ1) is 13.5. The monoisotopic (exact) mass is 389 g/mol. The van der Waals surface area contributed by atoms with Crippen molar-refractivity contribution < 1.29 is 22.3 Å². The number of pyridine rings is 1. The topological polar surface area (TPSA) is 89.7 Å². The molecule has 144 valence electrons. The highest BCUT2D eigenvalue weighted by Crippen LogP contribution is 2.25. The van der Waals surface area contributed by atoms with E-state index in [0.29, 0.717) is 5.75 Å². The SMILES string of the molecule is CCc1nc2cc(OCc3ncc(-c4nnc(C(F)F)o4)cc3F)ccc2[nH]1. The molecule has 28 heavy (non-hydrogen) atoms. The fourth-order valence-electron chi connectivity index (χ4n) is 2.58. The molecule has 0 atom stereocenters. The Balaban J connectivity index is 1.49. The molecule has 3 heterocycles. The smallest absolute Gasteiger partial charge is 0.314 e. The quantitative estimate of drug-likeness (QED) is 0.531. The minimum absolute atomic E-state index is 0.0497. The number of aromatic nitrogens is 5. The summed E-state index contributed by atoms with van der Waals surface area (Å²) in [5.41, 5.74) is 1.80. The predicted molar refractivity (Wildman–Crippen MR) is 92.2 cm³/mol. The number of fused-ring (bicyclic) bond motifs is 1. The van der Waals surface area contributed by atoms with E-state index in [9.17, 15) is 13.2 Å². The molecule has 0 aliphatic carbocycles. The lowest BCUT2D eigenvalue weighted by Crippen LogP contribution is -2.02. The Morgan fingerprint density at radius 1 is 1.21 bits per heavy atom. The predicted octanol–water partition coefficient (Wildman–Crippen LogP) is 4.23. The first-order valence-electron chi connectivity index (χ1n) is 8.41. The van der Waals surface area contributed by atoms with E-state index in [0.717, 1.165) is 29.3 Å². The highest BCUT2D eigenvalue weighted by molar-refractivity contribution is 5.76. The normalized spacial score (nSPS) is 11.5. The summed E-state index contributed by atoms with van der Waals surface area (Å²) in [7, 11) is 0. The van der Waals surface area contributed by atoms with Crippen LogP contribution in [0.5, 0.6) is 5.75 Å². The number of aromatic amines is 1.